The lowest BCUT2D eigenvalue weighted by molar-refractivity contribution is -0.140. The molecule has 0 aliphatic carbocycles. The molecule has 0 spiro atoms. The van der Waals surface area contributed by atoms with Crippen molar-refractivity contribution in [2.45, 2.75) is 25.2 Å². The normalized spacial score (nSPS) is 19.5. The van der Waals surface area contributed by atoms with Crippen molar-refractivity contribution in [3.05, 3.63) is 39.8 Å². The first kappa shape index (κ1) is 20.8. The Hall–Kier alpha value is -1.97. The molecule has 1 saturated heterocycles. The number of thiocarbonyl (C=S) groups is 1. The summed E-state index contributed by atoms with van der Waals surface area (Å²) in [5, 5.41) is 10.0. The Bertz CT molecular complexity index is 910. The maximum atomic E-state index is 12.7. The minimum Gasteiger partial charge on any atom is -0.497 e. The van der Waals surface area contributed by atoms with Crippen molar-refractivity contribution < 1.29 is 19.4 Å². The van der Waals surface area contributed by atoms with E-state index in [1.54, 1.807) is 18.9 Å². The number of carbonyl (C=O) groups excluding carboxylic acids is 1. The number of aliphatic carboxylic acids is 1. The lowest BCUT2D eigenvalue weighted by Crippen LogP contribution is -2.33. The van der Waals surface area contributed by atoms with Crippen LogP contribution in [0.15, 0.2) is 44.7 Å². The van der Waals surface area contributed by atoms with Crippen LogP contribution in [-0.4, -0.2) is 46.4 Å². The molecule has 1 aromatic rings. The number of allylic oxidation sites excluding steroid dienone is 2. The number of hydrogen-bond acceptors (Lipinski definition) is 7. The summed E-state index contributed by atoms with van der Waals surface area (Å²) in [4.78, 5) is 28.7. The lowest BCUT2D eigenvalue weighted by atomic mass is 10.1. The van der Waals surface area contributed by atoms with Gasteiger partial charge in [0.25, 0.3) is 5.91 Å². The van der Waals surface area contributed by atoms with E-state index in [1.807, 2.05) is 31.2 Å². The molecule has 1 aromatic carbocycles. The van der Waals surface area contributed by atoms with E-state index < -0.39 is 12.5 Å². The summed E-state index contributed by atoms with van der Waals surface area (Å²) in [5.41, 5.74) is 1.93. The van der Waals surface area contributed by atoms with E-state index in [-0.39, 0.29) is 10.2 Å². The fourth-order valence-electron chi connectivity index (χ4n) is 2.98. The first-order valence-electron chi connectivity index (χ1n) is 8.73. The molecule has 0 radical (unpaired) electrons. The molecule has 148 valence electrons. The Morgan fingerprint density at radius 1 is 1.29 bits per heavy atom. The highest BCUT2D eigenvalue weighted by molar-refractivity contribution is 8.26. The summed E-state index contributed by atoms with van der Waals surface area (Å²) < 4.78 is 5.62. The number of carbonyl (C=O) groups is 2. The molecule has 0 aromatic heterocycles. The van der Waals surface area contributed by atoms with E-state index in [9.17, 15) is 9.59 Å². The van der Waals surface area contributed by atoms with Crippen LogP contribution in [0.25, 0.3) is 0 Å². The van der Waals surface area contributed by atoms with Crippen LogP contribution in [0.3, 0.4) is 0 Å². The van der Waals surface area contributed by atoms with Crippen LogP contribution >= 0.6 is 35.7 Å². The fourth-order valence-corrected chi connectivity index (χ4v) is 5.52. The molecule has 0 bridgehead atoms. The Balaban J connectivity index is 1.97. The molecule has 9 heteroatoms. The topological polar surface area (TPSA) is 70.1 Å². The van der Waals surface area contributed by atoms with E-state index in [4.69, 9.17) is 22.1 Å². The number of nitrogens with zero attached hydrogens (tertiary/aromatic N) is 2. The van der Waals surface area contributed by atoms with Crippen molar-refractivity contribution in [3.63, 3.8) is 0 Å². The van der Waals surface area contributed by atoms with Gasteiger partial charge in [-0.1, -0.05) is 42.7 Å². The van der Waals surface area contributed by atoms with Crippen LogP contribution in [0.2, 0.25) is 0 Å². The van der Waals surface area contributed by atoms with E-state index in [2.05, 4.69) is 11.8 Å². The fraction of sp³-hybridized carbons (Fsp3) is 0.316. The highest BCUT2D eigenvalue weighted by Gasteiger charge is 2.35. The zero-order chi connectivity index (χ0) is 20.4. The largest absolute Gasteiger partial charge is 0.497 e. The molecule has 28 heavy (non-hydrogen) atoms. The first-order valence-corrected chi connectivity index (χ1v) is 10.8. The second kappa shape index (κ2) is 8.59. The van der Waals surface area contributed by atoms with Crippen LogP contribution in [0.4, 0.5) is 5.69 Å². The molecule has 2 heterocycles. The molecule has 3 rings (SSSR count). The molecular weight excluding hydrogens is 416 g/mol. The maximum absolute atomic E-state index is 12.7. The third-order valence-corrected chi connectivity index (χ3v) is 6.99. The summed E-state index contributed by atoms with van der Waals surface area (Å²) in [5.74, 6) is -0.623. The van der Waals surface area contributed by atoms with Crippen molar-refractivity contribution in [1.29, 1.82) is 0 Å². The zero-order valence-corrected chi connectivity index (χ0v) is 18.2. The minimum absolute atomic E-state index is 0.284. The molecule has 6 nitrogen and oxygen atoms in total. The predicted molar refractivity (Wildman–Crippen MR) is 117 cm³/mol. The first-order chi connectivity index (χ1) is 13.4. The summed E-state index contributed by atoms with van der Waals surface area (Å²) in [7, 11) is 1.64. The highest BCUT2D eigenvalue weighted by Crippen LogP contribution is 2.48. The van der Waals surface area contributed by atoms with Gasteiger partial charge in [-0.25, -0.2) is 0 Å². The molecule has 2 aliphatic heterocycles. The van der Waals surface area contributed by atoms with Gasteiger partial charge in [0.2, 0.25) is 0 Å². The molecule has 1 N–H and O–H groups in total. The summed E-state index contributed by atoms with van der Waals surface area (Å²) in [6.45, 7) is 4.40. The third kappa shape index (κ3) is 3.92. The second-order valence-corrected chi connectivity index (χ2v) is 8.73. The SMILES string of the molecule is CCC(C=C1Sc2ccc(OC)cc2N1CC)=C1SC(=S)N(CC(=O)O)C1=O. The van der Waals surface area contributed by atoms with Gasteiger partial charge in [0.1, 0.15) is 16.6 Å². The minimum atomic E-state index is -1.08. The van der Waals surface area contributed by atoms with Crippen molar-refractivity contribution in [2.75, 3.05) is 25.1 Å². The molecule has 0 saturated carbocycles. The Kier molecular flexibility index (Phi) is 6.36. The average Bonchev–Trinajstić information content (AvgIpc) is 3.16. The highest BCUT2D eigenvalue weighted by atomic mass is 32.2. The van der Waals surface area contributed by atoms with Gasteiger partial charge in [0.15, 0.2) is 0 Å². The van der Waals surface area contributed by atoms with Gasteiger partial charge >= 0.3 is 5.97 Å². The van der Waals surface area contributed by atoms with Crippen LogP contribution in [-0.2, 0) is 9.59 Å². The number of hydrogen-bond donors (Lipinski definition) is 1. The van der Waals surface area contributed by atoms with Crippen LogP contribution in [0.5, 0.6) is 5.75 Å². The van der Waals surface area contributed by atoms with Crippen molar-refractivity contribution in [3.8, 4) is 5.75 Å². The van der Waals surface area contributed by atoms with E-state index >= 15 is 0 Å². The number of carboxylic acid groups (broad SMARTS) is 1. The van der Waals surface area contributed by atoms with Gasteiger partial charge in [-0.3, -0.25) is 14.5 Å². The summed E-state index contributed by atoms with van der Waals surface area (Å²) in [6, 6.07) is 5.96. The number of fused-ring (bicyclic) bond motifs is 1. The van der Waals surface area contributed by atoms with E-state index in [1.165, 1.54) is 11.8 Å². The van der Waals surface area contributed by atoms with Crippen molar-refractivity contribution in [2.24, 2.45) is 0 Å². The number of anilines is 1. The van der Waals surface area contributed by atoms with Gasteiger partial charge in [-0.2, -0.15) is 0 Å². The van der Waals surface area contributed by atoms with E-state index in [0.717, 1.165) is 38.4 Å². The Morgan fingerprint density at radius 2 is 2.04 bits per heavy atom. The maximum Gasteiger partial charge on any atom is 0.323 e. The number of carboxylic acids is 1. The molecule has 1 fully saturated rings. The monoisotopic (exact) mass is 436 g/mol. The lowest BCUT2D eigenvalue weighted by Gasteiger charge is -2.19. The summed E-state index contributed by atoms with van der Waals surface area (Å²) >= 11 is 8.02. The van der Waals surface area contributed by atoms with Gasteiger partial charge in [-0.05, 0) is 37.1 Å². The molecule has 2 aliphatic rings. The molecule has 0 unspecified atom stereocenters. The predicted octanol–water partition coefficient (Wildman–Crippen LogP) is 4.08. The van der Waals surface area contributed by atoms with Gasteiger partial charge in [-0.15, -0.1) is 0 Å². The van der Waals surface area contributed by atoms with Crippen LogP contribution in [0.1, 0.15) is 20.3 Å². The van der Waals surface area contributed by atoms with Crippen LogP contribution < -0.4 is 9.64 Å². The number of methoxy groups -OCH3 is 1. The number of amides is 1. The standard InChI is InChI=1S/C19H20N2O4S3/c1-4-11(17-18(24)21(10-16(22)23)19(26)28-17)8-15-20(5-2)13-9-12(25-3)6-7-14(13)27-15/h6-9H,4-5,10H2,1-3H3,(H,22,23). The summed E-state index contributed by atoms with van der Waals surface area (Å²) in [6.07, 6.45) is 2.65. The second-order valence-electron chi connectivity index (χ2n) is 6.02. The number of ether oxygens (including phenoxy) is 1. The Labute approximate surface area is 177 Å². The molecule has 0 atom stereocenters. The number of benzene rings is 1. The van der Waals surface area contributed by atoms with Crippen molar-refractivity contribution >= 4 is 57.6 Å². The van der Waals surface area contributed by atoms with Gasteiger partial charge < -0.3 is 14.7 Å². The third-order valence-electron chi connectivity index (χ3n) is 4.37. The zero-order valence-electron chi connectivity index (χ0n) is 15.7. The van der Waals surface area contributed by atoms with Gasteiger partial charge in [0.05, 0.1) is 22.7 Å². The van der Waals surface area contributed by atoms with E-state index in [0.29, 0.717) is 11.3 Å². The molecule has 1 amide bonds. The number of rotatable bonds is 6. The van der Waals surface area contributed by atoms with Gasteiger partial charge in [0, 0.05) is 17.5 Å². The van der Waals surface area contributed by atoms with Crippen LogP contribution in [0, 0.1) is 0 Å². The number of thioether (sulfide) groups is 2. The smallest absolute Gasteiger partial charge is 0.323 e. The quantitative estimate of drug-likeness (QED) is 0.528. The average molecular weight is 437 g/mol. The molecular formula is C19H20N2O4S3. The Morgan fingerprint density at radius 3 is 2.64 bits per heavy atom. The van der Waals surface area contributed by atoms with Crippen molar-refractivity contribution in [1.82, 2.24) is 4.90 Å².